The zero-order valence-corrected chi connectivity index (χ0v) is 22.4. The molecule has 6 nitrogen and oxygen atoms in total. The fraction of sp³-hybridized carbons (Fsp3) is 0.103. The molecule has 5 rings (SSSR count). The van der Waals surface area contributed by atoms with Gasteiger partial charge in [0, 0.05) is 21.9 Å². The highest BCUT2D eigenvalue weighted by Crippen LogP contribution is 2.33. The van der Waals surface area contributed by atoms with Crippen molar-refractivity contribution >= 4 is 34.8 Å². The van der Waals surface area contributed by atoms with E-state index in [-0.39, 0.29) is 6.42 Å². The first-order valence-corrected chi connectivity index (χ1v) is 13.8. The number of benzene rings is 3. The summed E-state index contributed by atoms with van der Waals surface area (Å²) < 4.78 is 44.9. The third-order valence-corrected chi connectivity index (χ3v) is 7.43. The summed E-state index contributed by atoms with van der Waals surface area (Å²) in [6.07, 6.45) is -3.00. The molecule has 0 aliphatic heterocycles. The summed E-state index contributed by atoms with van der Waals surface area (Å²) in [4.78, 5) is 21.3. The molecule has 0 radical (unpaired) electrons. The Bertz CT molecular complexity index is 1630. The second kappa shape index (κ2) is 12.2. The van der Waals surface area contributed by atoms with E-state index in [0.717, 1.165) is 34.0 Å². The van der Waals surface area contributed by atoms with Gasteiger partial charge in [-0.1, -0.05) is 54.6 Å². The number of nitrogens with zero attached hydrogens (tertiary/aromatic N) is 3. The van der Waals surface area contributed by atoms with Crippen LogP contribution in [0.2, 0.25) is 0 Å². The van der Waals surface area contributed by atoms with E-state index < -0.39 is 17.6 Å². The molecular formula is C29H21F3N4O2S2. The number of carbonyl (C=O) groups excluding carboxylic acids is 1. The second-order valence-electron chi connectivity index (χ2n) is 8.56. The number of alkyl halides is 3. The Morgan fingerprint density at radius 2 is 1.57 bits per heavy atom. The van der Waals surface area contributed by atoms with E-state index in [9.17, 15) is 18.0 Å². The van der Waals surface area contributed by atoms with Crippen molar-refractivity contribution in [1.29, 1.82) is 0 Å². The molecular weight excluding hydrogens is 557 g/mol. The van der Waals surface area contributed by atoms with Crippen LogP contribution < -0.4 is 10.2 Å². The molecule has 0 bridgehead atoms. The van der Waals surface area contributed by atoms with Crippen LogP contribution in [0.15, 0.2) is 94.7 Å². The Balaban J connectivity index is 1.12. The summed E-state index contributed by atoms with van der Waals surface area (Å²) in [6, 6.07) is 22.1. The molecule has 202 valence electrons. The third kappa shape index (κ3) is 7.19. The lowest BCUT2D eigenvalue weighted by Crippen LogP contribution is -2.19. The van der Waals surface area contributed by atoms with E-state index in [1.165, 1.54) is 23.6 Å². The average molecular weight is 579 g/mol. The quantitative estimate of drug-likeness (QED) is 0.148. The van der Waals surface area contributed by atoms with Gasteiger partial charge in [-0.05, 0) is 29.8 Å². The number of ether oxygens (including phenoxy) is 1. The van der Waals surface area contributed by atoms with Gasteiger partial charge >= 0.3 is 6.18 Å². The third-order valence-electron chi connectivity index (χ3n) is 5.55. The molecule has 5 aromatic rings. The highest BCUT2D eigenvalue weighted by Gasteiger charge is 2.30. The molecule has 3 aromatic carbocycles. The number of rotatable bonds is 9. The second-order valence-corrected chi connectivity index (χ2v) is 10.3. The predicted molar refractivity (Wildman–Crippen MR) is 150 cm³/mol. The molecule has 0 spiro atoms. The molecule has 2 heterocycles. The lowest BCUT2D eigenvalue weighted by Gasteiger charge is -2.07. The van der Waals surface area contributed by atoms with Crippen molar-refractivity contribution in [1.82, 2.24) is 15.4 Å². The van der Waals surface area contributed by atoms with E-state index in [1.807, 2.05) is 53.9 Å². The van der Waals surface area contributed by atoms with Gasteiger partial charge in [-0.25, -0.2) is 15.4 Å². The fourth-order valence-corrected chi connectivity index (χ4v) is 5.29. The minimum Gasteiger partial charge on any atom is -0.487 e. The average Bonchev–Trinajstić information content (AvgIpc) is 3.62. The number of amides is 1. The molecule has 40 heavy (non-hydrogen) atoms. The molecule has 0 fully saturated rings. The monoisotopic (exact) mass is 578 g/mol. The van der Waals surface area contributed by atoms with E-state index in [2.05, 4.69) is 20.5 Å². The largest absolute Gasteiger partial charge is 0.487 e. The summed E-state index contributed by atoms with van der Waals surface area (Å²) in [5, 5.41) is 8.94. The van der Waals surface area contributed by atoms with Crippen LogP contribution in [-0.4, -0.2) is 22.1 Å². The van der Waals surface area contributed by atoms with Crippen LogP contribution in [0.4, 0.5) is 13.2 Å². The van der Waals surface area contributed by atoms with Crippen molar-refractivity contribution in [2.75, 3.05) is 0 Å². The maximum Gasteiger partial charge on any atom is 0.416 e. The lowest BCUT2D eigenvalue weighted by molar-refractivity contribution is -0.137. The van der Waals surface area contributed by atoms with Gasteiger partial charge in [-0.15, -0.1) is 22.7 Å². The summed E-state index contributed by atoms with van der Waals surface area (Å²) in [7, 11) is 0. The first-order chi connectivity index (χ1) is 19.3. The van der Waals surface area contributed by atoms with Gasteiger partial charge in [0.1, 0.15) is 22.4 Å². The Labute approximate surface area is 235 Å². The molecule has 0 saturated carbocycles. The normalized spacial score (nSPS) is 11.6. The molecule has 0 saturated heterocycles. The van der Waals surface area contributed by atoms with Crippen LogP contribution in [0.3, 0.4) is 0 Å². The van der Waals surface area contributed by atoms with Gasteiger partial charge in [-0.3, -0.25) is 4.79 Å². The molecule has 1 amide bonds. The number of hydrogen-bond donors (Lipinski definition) is 1. The molecule has 0 aliphatic rings. The van der Waals surface area contributed by atoms with Crippen LogP contribution in [-0.2, 0) is 24.0 Å². The fourth-order valence-electron chi connectivity index (χ4n) is 3.66. The Morgan fingerprint density at radius 1 is 0.875 bits per heavy atom. The Kier molecular flexibility index (Phi) is 8.32. The smallest absolute Gasteiger partial charge is 0.416 e. The van der Waals surface area contributed by atoms with Crippen molar-refractivity contribution in [3.63, 3.8) is 0 Å². The number of hydrogen-bond acceptors (Lipinski definition) is 7. The van der Waals surface area contributed by atoms with Crippen LogP contribution in [0, 0.1) is 0 Å². The van der Waals surface area contributed by atoms with Gasteiger partial charge in [0.25, 0.3) is 0 Å². The van der Waals surface area contributed by atoms with Crippen LogP contribution in [0.1, 0.15) is 22.5 Å². The molecule has 0 atom stereocenters. The predicted octanol–water partition coefficient (Wildman–Crippen LogP) is 7.22. The summed E-state index contributed by atoms with van der Waals surface area (Å²) in [5.41, 5.74) is 5.10. The number of hydrazone groups is 1. The van der Waals surface area contributed by atoms with Crippen LogP contribution in [0.5, 0.6) is 5.75 Å². The van der Waals surface area contributed by atoms with E-state index in [4.69, 9.17) is 4.74 Å². The zero-order chi connectivity index (χ0) is 28.0. The van der Waals surface area contributed by atoms with Gasteiger partial charge in [0.2, 0.25) is 5.91 Å². The minimum absolute atomic E-state index is 0.0609. The molecule has 1 N–H and O–H groups in total. The molecule has 0 aliphatic carbocycles. The number of halogens is 3. The maximum absolute atomic E-state index is 13.0. The number of nitrogens with one attached hydrogen (secondary N) is 1. The summed E-state index contributed by atoms with van der Waals surface area (Å²) >= 11 is 2.73. The summed E-state index contributed by atoms with van der Waals surface area (Å²) in [6.45, 7) is 0.316. The van der Waals surface area contributed by atoms with Crippen molar-refractivity contribution in [3.05, 3.63) is 112 Å². The standard InChI is InChI=1S/C29H21F3N4O2S2/c30-29(31,32)22-10-5-9-21(13-22)28-34-23(17-39-28)14-26(37)36-33-15-19-6-4-11-25(12-19)38-16-24-18-40-27(35-24)20-7-2-1-3-8-20/h1-13,15,17-18H,14,16H2,(H,36,37)/b33-15+. The number of carbonyl (C=O) groups is 1. The SMILES string of the molecule is O=C(Cc1csc(-c2cccc(C(F)(F)F)c2)n1)N/N=C/c1cccc(OCc2csc(-c3ccccc3)n2)c1. The Morgan fingerprint density at radius 3 is 2.38 bits per heavy atom. The van der Waals surface area contributed by atoms with Crippen molar-refractivity contribution in [3.8, 4) is 26.9 Å². The maximum atomic E-state index is 13.0. The van der Waals surface area contributed by atoms with Gasteiger partial charge in [0.15, 0.2) is 0 Å². The first-order valence-electron chi connectivity index (χ1n) is 12.0. The van der Waals surface area contributed by atoms with Crippen molar-refractivity contribution < 1.29 is 22.7 Å². The highest BCUT2D eigenvalue weighted by atomic mass is 32.1. The van der Waals surface area contributed by atoms with E-state index >= 15 is 0 Å². The van der Waals surface area contributed by atoms with Crippen molar-refractivity contribution in [2.24, 2.45) is 5.10 Å². The number of aromatic nitrogens is 2. The number of thiazole rings is 2. The molecule has 11 heteroatoms. The first kappa shape index (κ1) is 27.2. The van der Waals surface area contributed by atoms with Gasteiger partial charge < -0.3 is 4.74 Å². The zero-order valence-electron chi connectivity index (χ0n) is 20.8. The van der Waals surface area contributed by atoms with Crippen molar-refractivity contribution in [2.45, 2.75) is 19.2 Å². The van der Waals surface area contributed by atoms with E-state index in [0.29, 0.717) is 28.6 Å². The van der Waals surface area contributed by atoms with Gasteiger partial charge in [0.05, 0.1) is 29.6 Å². The van der Waals surface area contributed by atoms with E-state index in [1.54, 1.807) is 28.8 Å². The highest BCUT2D eigenvalue weighted by molar-refractivity contribution is 7.13. The minimum atomic E-state index is -4.44. The van der Waals surface area contributed by atoms with Gasteiger partial charge in [-0.2, -0.15) is 18.3 Å². The summed E-state index contributed by atoms with van der Waals surface area (Å²) in [5.74, 6) is 0.233. The lowest BCUT2D eigenvalue weighted by atomic mass is 10.1. The van der Waals surface area contributed by atoms with Crippen LogP contribution in [0.25, 0.3) is 21.1 Å². The molecule has 2 aromatic heterocycles. The topological polar surface area (TPSA) is 76.5 Å². The van der Waals surface area contributed by atoms with Crippen LogP contribution >= 0.6 is 22.7 Å². The molecule has 0 unspecified atom stereocenters. The Hall–Kier alpha value is -4.35.